The van der Waals surface area contributed by atoms with Crippen LogP contribution in [0.25, 0.3) is 10.1 Å². The van der Waals surface area contributed by atoms with Crippen LogP contribution >= 0.6 is 11.3 Å². The zero-order valence-electron chi connectivity index (χ0n) is 39.2. The molecule has 3 aromatic carbocycles. The van der Waals surface area contributed by atoms with Crippen LogP contribution in [0.3, 0.4) is 0 Å². The van der Waals surface area contributed by atoms with E-state index in [-0.39, 0.29) is 38.6 Å². The molecule has 17 nitrogen and oxygen atoms in total. The first-order valence-electron chi connectivity index (χ1n) is 22.6. The summed E-state index contributed by atoms with van der Waals surface area (Å²) in [7, 11) is -4.30. The van der Waals surface area contributed by atoms with Gasteiger partial charge < -0.3 is 36.6 Å². The first-order chi connectivity index (χ1) is 32.0. The van der Waals surface area contributed by atoms with Crippen LogP contribution in [0.1, 0.15) is 104 Å². The second-order valence-corrected chi connectivity index (χ2v) is 20.9. The number of benzene rings is 3. The number of aryl methyl sites for hydroxylation is 2. The van der Waals surface area contributed by atoms with Gasteiger partial charge in [-0.1, -0.05) is 74.0 Å². The highest BCUT2D eigenvalue weighted by Gasteiger charge is 2.40. The molecule has 5 atom stereocenters. The maximum absolute atomic E-state index is 14.5. The molecule has 0 bridgehead atoms. The maximum atomic E-state index is 14.5. The summed E-state index contributed by atoms with van der Waals surface area (Å²) in [5.41, 5.74) is 1.91. The molecule has 0 radical (unpaired) electrons. The van der Waals surface area contributed by atoms with E-state index in [9.17, 15) is 51.6 Å². The predicted molar refractivity (Wildman–Crippen MR) is 258 cm³/mol. The zero-order chi connectivity index (χ0) is 49.9. The number of carboxylic acids is 1. The molecule has 7 N–H and O–H groups in total. The van der Waals surface area contributed by atoms with Gasteiger partial charge in [0.05, 0.1) is 0 Å². The molecule has 1 fully saturated rings. The van der Waals surface area contributed by atoms with Gasteiger partial charge in [-0.05, 0) is 100 Å². The van der Waals surface area contributed by atoms with Gasteiger partial charge >= 0.3 is 5.97 Å². The fourth-order valence-electron chi connectivity index (χ4n) is 8.23. The molecule has 1 aliphatic heterocycles. The van der Waals surface area contributed by atoms with Crippen molar-refractivity contribution in [1.82, 2.24) is 31.5 Å². The van der Waals surface area contributed by atoms with Crippen molar-refractivity contribution >= 4 is 73.0 Å². The van der Waals surface area contributed by atoms with Crippen molar-refractivity contribution in [1.29, 1.82) is 0 Å². The van der Waals surface area contributed by atoms with Crippen LogP contribution in [0.2, 0.25) is 0 Å². The number of carboxylic acid groups (broad SMARTS) is 1. The molecule has 6 amide bonds. The summed E-state index contributed by atoms with van der Waals surface area (Å²) in [5.74, 6) is -5.43. The minimum atomic E-state index is -4.30. The third-order valence-electron chi connectivity index (χ3n) is 11.5. The molecule has 0 unspecified atom stereocenters. The summed E-state index contributed by atoms with van der Waals surface area (Å²) < 4.78 is 33.2. The Balaban J connectivity index is 1.38. The summed E-state index contributed by atoms with van der Waals surface area (Å²) in [6.45, 7) is 10.8. The van der Waals surface area contributed by atoms with E-state index in [1.807, 2.05) is 43.3 Å². The third kappa shape index (κ3) is 15.2. The standard InChI is InChI=1S/C49H62N6O11S2/c1-7-12-36(51-43(58)37(53-47(62)42-29(2)13-10-14-30(42)3)25-31-18-20-32(21-19-31)28-68(64,65)66)48(63)55-24-11-16-39(55)46(61)52-38(27-34-26-33-15-8-9-17-40(33)67-34)44(59)50-35(22-23-41(56)57)45(60)54-49(4,5)6/h8-10,13-15,17-21,26,35-39H,7,11-12,16,22-25,27-28H2,1-6H3,(H,50,59)(H,51,58)(H,52,61)(H,53,62)(H,54,60)(H,56,57)(H,64,65,66)/t35-,36-,37-,38-,39-/m0/s1. The number of likely N-dealkylation sites (tertiary alicyclic amines) is 1. The predicted octanol–water partition coefficient (Wildman–Crippen LogP) is 4.51. The number of nitrogens with zero attached hydrogens (tertiary/aromatic N) is 1. The lowest BCUT2D eigenvalue weighted by Crippen LogP contribution is -2.59. The highest BCUT2D eigenvalue weighted by molar-refractivity contribution is 7.85. The van der Waals surface area contributed by atoms with E-state index in [2.05, 4.69) is 26.6 Å². The highest BCUT2D eigenvalue weighted by atomic mass is 32.2. The molecule has 68 heavy (non-hydrogen) atoms. The number of thiophene rings is 1. The number of hydrogen-bond donors (Lipinski definition) is 7. The molecule has 2 heterocycles. The van der Waals surface area contributed by atoms with Crippen LogP contribution in [0.5, 0.6) is 0 Å². The zero-order valence-corrected chi connectivity index (χ0v) is 40.9. The number of hydrogen-bond acceptors (Lipinski definition) is 10. The Kier molecular flexibility index (Phi) is 18.0. The fraction of sp³-hybridized carbons (Fsp3) is 0.449. The van der Waals surface area contributed by atoms with Gasteiger partial charge in [-0.25, -0.2) is 0 Å². The largest absolute Gasteiger partial charge is 0.481 e. The van der Waals surface area contributed by atoms with E-state index >= 15 is 0 Å². The quantitative estimate of drug-likeness (QED) is 0.0572. The molecule has 1 saturated heterocycles. The number of aliphatic carboxylic acids is 1. The van der Waals surface area contributed by atoms with Gasteiger partial charge in [0, 0.05) is 46.5 Å². The lowest BCUT2D eigenvalue weighted by Gasteiger charge is -2.31. The third-order valence-corrected chi connectivity index (χ3v) is 13.3. The molecule has 366 valence electrons. The Morgan fingerprint density at radius 2 is 1.38 bits per heavy atom. The normalized spacial score (nSPS) is 15.7. The number of fused-ring (bicyclic) bond motifs is 1. The highest BCUT2D eigenvalue weighted by Crippen LogP contribution is 2.27. The van der Waals surface area contributed by atoms with E-state index in [0.717, 1.165) is 15.0 Å². The average Bonchev–Trinajstić information content (AvgIpc) is 3.91. The Morgan fingerprint density at radius 1 is 0.765 bits per heavy atom. The molecular formula is C49H62N6O11S2. The molecule has 0 spiro atoms. The van der Waals surface area contributed by atoms with Gasteiger partial charge in [-0.15, -0.1) is 11.3 Å². The van der Waals surface area contributed by atoms with Crippen molar-refractivity contribution in [2.24, 2.45) is 0 Å². The molecule has 0 saturated carbocycles. The Bertz CT molecular complexity index is 2550. The van der Waals surface area contributed by atoms with E-state index in [1.165, 1.54) is 28.4 Å². The number of nitrogens with one attached hydrogen (secondary N) is 5. The fourth-order valence-corrected chi connectivity index (χ4v) is 9.96. The topological polar surface area (TPSA) is 257 Å². The lowest BCUT2D eigenvalue weighted by molar-refractivity contribution is -0.142. The van der Waals surface area contributed by atoms with Gasteiger partial charge in [0.25, 0.3) is 16.0 Å². The SMILES string of the molecule is CCC[C@H](NC(=O)[C@H](Cc1ccc(CS(=O)(=O)O)cc1)NC(=O)c1c(C)cccc1C)C(=O)N1CCC[C@H]1C(=O)N[C@@H](Cc1cc2ccccc2s1)C(=O)N[C@@H](CCC(=O)O)C(=O)NC(C)(C)C. The molecule has 19 heteroatoms. The number of carbonyl (C=O) groups is 7. The van der Waals surface area contributed by atoms with Crippen LogP contribution in [0, 0.1) is 13.8 Å². The molecule has 0 aliphatic carbocycles. The Labute approximate surface area is 401 Å². The van der Waals surface area contributed by atoms with E-state index in [0.29, 0.717) is 40.7 Å². The first-order valence-corrected chi connectivity index (χ1v) is 25.1. The minimum absolute atomic E-state index is 0.0248. The summed E-state index contributed by atoms with van der Waals surface area (Å²) in [5, 5.41) is 24.4. The maximum Gasteiger partial charge on any atom is 0.303 e. The number of carbonyl (C=O) groups excluding carboxylic acids is 6. The van der Waals surface area contributed by atoms with Crippen LogP contribution in [-0.4, -0.2) is 107 Å². The molecule has 1 aliphatic rings. The monoisotopic (exact) mass is 974 g/mol. The van der Waals surface area contributed by atoms with Gasteiger partial charge in [0.1, 0.15) is 36.0 Å². The van der Waals surface area contributed by atoms with Crippen LogP contribution in [-0.2, 0) is 57.5 Å². The van der Waals surface area contributed by atoms with Crippen LogP contribution in [0.15, 0.2) is 72.8 Å². The molecular weight excluding hydrogens is 913 g/mol. The van der Waals surface area contributed by atoms with Crippen molar-refractivity contribution in [3.05, 3.63) is 105 Å². The van der Waals surface area contributed by atoms with Crippen molar-refractivity contribution in [3.8, 4) is 0 Å². The Morgan fingerprint density at radius 3 is 1.99 bits per heavy atom. The van der Waals surface area contributed by atoms with E-state index in [4.69, 9.17) is 0 Å². The minimum Gasteiger partial charge on any atom is -0.481 e. The lowest BCUT2D eigenvalue weighted by atomic mass is 9.99. The molecule has 1 aromatic heterocycles. The van der Waals surface area contributed by atoms with E-state index < -0.39 is 99.5 Å². The number of rotatable bonds is 21. The smallest absolute Gasteiger partial charge is 0.303 e. The molecule has 4 aromatic rings. The van der Waals surface area contributed by atoms with Crippen molar-refractivity contribution in [2.75, 3.05) is 6.54 Å². The van der Waals surface area contributed by atoms with Crippen molar-refractivity contribution in [2.45, 2.75) is 134 Å². The summed E-state index contributed by atoms with van der Waals surface area (Å²) in [6.07, 6.45) is 0.695. The first kappa shape index (κ1) is 52.8. The average molecular weight is 975 g/mol. The second kappa shape index (κ2) is 23.2. The summed E-state index contributed by atoms with van der Waals surface area (Å²) in [4.78, 5) is 98.3. The summed E-state index contributed by atoms with van der Waals surface area (Å²) >= 11 is 1.43. The van der Waals surface area contributed by atoms with Gasteiger partial charge in [-0.3, -0.25) is 38.1 Å². The second-order valence-electron chi connectivity index (χ2n) is 18.3. The van der Waals surface area contributed by atoms with Crippen molar-refractivity contribution < 1.29 is 51.6 Å². The van der Waals surface area contributed by atoms with Crippen LogP contribution < -0.4 is 26.6 Å². The van der Waals surface area contributed by atoms with Gasteiger partial charge in [-0.2, -0.15) is 8.42 Å². The van der Waals surface area contributed by atoms with E-state index in [1.54, 1.807) is 58.9 Å². The Hall–Kier alpha value is -6.18. The molecule has 5 rings (SSSR count). The summed E-state index contributed by atoms with van der Waals surface area (Å²) in [6, 6.07) is 15.2. The van der Waals surface area contributed by atoms with Crippen molar-refractivity contribution in [3.63, 3.8) is 0 Å². The number of amides is 6. The van der Waals surface area contributed by atoms with Crippen LogP contribution in [0.4, 0.5) is 0 Å². The van der Waals surface area contributed by atoms with Gasteiger partial charge in [0.15, 0.2) is 0 Å². The van der Waals surface area contributed by atoms with Gasteiger partial charge in [0.2, 0.25) is 29.5 Å².